The summed E-state index contributed by atoms with van der Waals surface area (Å²) in [6, 6.07) is 2.05. The average molecular weight is 349 g/mol. The fourth-order valence-corrected chi connectivity index (χ4v) is 3.51. The van der Waals surface area contributed by atoms with Crippen LogP contribution in [0.4, 0.5) is 0 Å². The quantitative estimate of drug-likeness (QED) is 0.782. The maximum absolute atomic E-state index is 11.4. The van der Waals surface area contributed by atoms with E-state index in [1.165, 1.54) is 16.5 Å². The zero-order chi connectivity index (χ0) is 11.9. The minimum absolute atomic E-state index is 0.0397. The van der Waals surface area contributed by atoms with Crippen LogP contribution in [-0.4, -0.2) is 34.7 Å². The number of aromatic nitrogens is 2. The van der Waals surface area contributed by atoms with E-state index in [9.17, 15) is 4.79 Å². The van der Waals surface area contributed by atoms with Crippen LogP contribution in [0.2, 0.25) is 0 Å². The van der Waals surface area contributed by atoms with Crippen molar-refractivity contribution in [2.24, 2.45) is 0 Å². The van der Waals surface area contributed by atoms with Crippen LogP contribution in [-0.2, 0) is 6.54 Å². The summed E-state index contributed by atoms with van der Waals surface area (Å²) in [5.74, 6) is -0.0397. The lowest BCUT2D eigenvalue weighted by atomic mass is 10.4. The highest BCUT2D eigenvalue weighted by Gasteiger charge is 2.15. The van der Waals surface area contributed by atoms with Crippen molar-refractivity contribution in [1.82, 2.24) is 14.7 Å². The molecule has 0 aliphatic heterocycles. The lowest BCUT2D eigenvalue weighted by Gasteiger charge is -2.05. The summed E-state index contributed by atoms with van der Waals surface area (Å²) in [6.07, 6.45) is 0. The second kappa shape index (κ2) is 4.42. The largest absolute Gasteiger partial charge is 0.304 e. The Kier molecular flexibility index (Phi) is 3.32. The van der Waals surface area contributed by atoms with Crippen molar-refractivity contribution in [3.8, 4) is 0 Å². The molecule has 0 unspecified atom stereocenters. The topological polar surface area (TPSA) is 38.1 Å². The lowest BCUT2D eigenvalue weighted by Crippen LogP contribution is -2.10. The first-order valence-corrected chi connectivity index (χ1v) is 6.71. The number of thiophene rings is 1. The summed E-state index contributed by atoms with van der Waals surface area (Å²) in [5.41, 5.74) is 0.929. The van der Waals surface area contributed by atoms with E-state index in [2.05, 4.69) is 38.7 Å². The van der Waals surface area contributed by atoms with Gasteiger partial charge in [-0.1, -0.05) is 0 Å². The number of hydrogen-bond acceptors (Lipinski definition) is 4. The monoisotopic (exact) mass is 349 g/mol. The molecule has 86 valence electrons. The summed E-state index contributed by atoms with van der Waals surface area (Å²) in [7, 11) is 4.07. The van der Waals surface area contributed by atoms with Gasteiger partial charge in [-0.15, -0.1) is 11.3 Å². The van der Waals surface area contributed by atoms with Gasteiger partial charge in [0.05, 0.1) is 10.2 Å². The normalized spacial score (nSPS) is 11.6. The second-order valence-corrected chi connectivity index (χ2v) is 6.05. The van der Waals surface area contributed by atoms with Gasteiger partial charge in [0.1, 0.15) is 3.70 Å². The fraction of sp³-hybridized carbons (Fsp3) is 0.400. The Morgan fingerprint density at radius 2 is 2.31 bits per heavy atom. The molecule has 0 amide bonds. The molecule has 6 heteroatoms. The zero-order valence-corrected chi connectivity index (χ0v) is 12.3. The molecule has 4 nitrogen and oxygen atoms in total. The van der Waals surface area contributed by atoms with Crippen LogP contribution < -0.4 is 0 Å². The number of hydrogen-bond donors (Lipinski definition) is 0. The predicted molar refractivity (Wildman–Crippen MR) is 74.0 cm³/mol. The lowest BCUT2D eigenvalue weighted by molar-refractivity contribution is 0.0926. The van der Waals surface area contributed by atoms with Gasteiger partial charge in [-0.3, -0.25) is 4.79 Å². The number of rotatable bonds is 2. The van der Waals surface area contributed by atoms with Gasteiger partial charge in [0.2, 0.25) is 5.91 Å². The van der Waals surface area contributed by atoms with Gasteiger partial charge in [-0.25, -0.2) is 0 Å². The van der Waals surface area contributed by atoms with Crippen molar-refractivity contribution in [3.63, 3.8) is 0 Å². The number of nitrogens with zero attached hydrogens (tertiary/aromatic N) is 3. The van der Waals surface area contributed by atoms with E-state index in [1.807, 2.05) is 14.1 Å². The average Bonchev–Trinajstić information content (AvgIpc) is 2.66. The van der Waals surface area contributed by atoms with Crippen molar-refractivity contribution in [2.75, 3.05) is 14.1 Å². The van der Waals surface area contributed by atoms with E-state index in [4.69, 9.17) is 0 Å². The molecule has 0 fully saturated rings. The van der Waals surface area contributed by atoms with Crippen LogP contribution in [0.5, 0.6) is 0 Å². The summed E-state index contributed by atoms with van der Waals surface area (Å²) in [4.78, 5) is 14.8. The van der Waals surface area contributed by atoms with E-state index in [-0.39, 0.29) is 5.91 Å². The molecule has 0 aliphatic carbocycles. The van der Waals surface area contributed by atoms with Gasteiger partial charge in [0.25, 0.3) is 0 Å². The Balaban J connectivity index is 2.53. The van der Waals surface area contributed by atoms with Gasteiger partial charge in [0, 0.05) is 18.3 Å². The minimum Gasteiger partial charge on any atom is -0.304 e. The number of halogens is 1. The van der Waals surface area contributed by atoms with E-state index in [0.717, 1.165) is 20.5 Å². The van der Waals surface area contributed by atoms with Gasteiger partial charge in [-0.2, -0.15) is 9.78 Å². The summed E-state index contributed by atoms with van der Waals surface area (Å²) < 4.78 is 3.48. The summed E-state index contributed by atoms with van der Waals surface area (Å²) in [6.45, 7) is 2.43. The molecule has 0 spiro atoms. The first kappa shape index (κ1) is 12.0. The van der Waals surface area contributed by atoms with E-state index in [0.29, 0.717) is 0 Å². The molecule has 16 heavy (non-hydrogen) atoms. The highest BCUT2D eigenvalue weighted by Crippen LogP contribution is 2.30. The van der Waals surface area contributed by atoms with E-state index >= 15 is 0 Å². The third kappa shape index (κ3) is 2.14. The highest BCUT2D eigenvalue weighted by molar-refractivity contribution is 14.1. The molecule has 2 aromatic rings. The Labute approximate surface area is 111 Å². The third-order valence-corrected chi connectivity index (χ3v) is 4.37. The van der Waals surface area contributed by atoms with Crippen molar-refractivity contribution < 1.29 is 4.79 Å². The maximum atomic E-state index is 11.4. The van der Waals surface area contributed by atoms with Crippen molar-refractivity contribution in [3.05, 3.63) is 14.6 Å². The van der Waals surface area contributed by atoms with E-state index < -0.39 is 0 Å². The van der Waals surface area contributed by atoms with Gasteiger partial charge in [-0.05, 0) is 42.8 Å². The first-order chi connectivity index (χ1) is 7.49. The molecule has 0 aromatic carbocycles. The van der Waals surface area contributed by atoms with E-state index in [1.54, 1.807) is 11.3 Å². The Bertz CT molecular complexity index is 543. The molecular formula is C10H12IN3OS. The van der Waals surface area contributed by atoms with Crippen molar-refractivity contribution in [1.29, 1.82) is 0 Å². The van der Waals surface area contributed by atoms with Crippen molar-refractivity contribution in [2.45, 2.75) is 13.5 Å². The zero-order valence-electron chi connectivity index (χ0n) is 9.32. The molecular weight excluding hydrogens is 337 g/mol. The summed E-state index contributed by atoms with van der Waals surface area (Å²) >= 11 is 3.88. The molecule has 2 rings (SSSR count). The molecule has 0 aliphatic rings. The molecule has 0 atom stereocenters. The molecule has 0 saturated heterocycles. The molecule has 0 N–H and O–H groups in total. The van der Waals surface area contributed by atoms with Crippen LogP contribution in [0.1, 0.15) is 16.6 Å². The van der Waals surface area contributed by atoms with Gasteiger partial charge < -0.3 is 4.90 Å². The van der Waals surface area contributed by atoms with Gasteiger partial charge >= 0.3 is 0 Å². The molecule has 0 bridgehead atoms. The fourth-order valence-electron chi connectivity index (χ4n) is 1.55. The minimum atomic E-state index is -0.0397. The molecule has 2 aromatic heterocycles. The molecule has 0 saturated carbocycles. The van der Waals surface area contributed by atoms with Crippen LogP contribution in [0, 0.1) is 3.70 Å². The SMILES string of the molecule is CC(=O)n1nc(I)c2sc(CN(C)C)cc21. The second-order valence-electron chi connectivity index (χ2n) is 3.89. The highest BCUT2D eigenvalue weighted by atomic mass is 127. The van der Waals surface area contributed by atoms with Gasteiger partial charge in [0.15, 0.2) is 0 Å². The standard InChI is InChI=1S/C10H12IN3OS/c1-6(15)14-8-4-7(5-13(2)3)16-9(8)10(11)12-14/h4H,5H2,1-3H3. The third-order valence-electron chi connectivity index (χ3n) is 2.14. The Hall–Kier alpha value is -0.470. The molecule has 0 radical (unpaired) electrons. The smallest absolute Gasteiger partial charge is 0.244 e. The van der Waals surface area contributed by atoms with Crippen LogP contribution in [0.3, 0.4) is 0 Å². The summed E-state index contributed by atoms with van der Waals surface area (Å²) in [5, 5.41) is 4.22. The maximum Gasteiger partial charge on any atom is 0.244 e. The molecule has 2 heterocycles. The first-order valence-electron chi connectivity index (χ1n) is 4.81. The van der Waals surface area contributed by atoms with Crippen LogP contribution in [0.15, 0.2) is 6.07 Å². The Morgan fingerprint density at radius 1 is 1.62 bits per heavy atom. The number of carbonyl (C=O) groups is 1. The van der Waals surface area contributed by atoms with Crippen LogP contribution >= 0.6 is 33.9 Å². The number of carbonyl (C=O) groups excluding carboxylic acids is 1. The predicted octanol–water partition coefficient (Wildman–Crippen LogP) is 2.42. The van der Waals surface area contributed by atoms with Crippen LogP contribution in [0.25, 0.3) is 10.2 Å². The Morgan fingerprint density at radius 3 is 2.88 bits per heavy atom. The van der Waals surface area contributed by atoms with Crippen molar-refractivity contribution >= 4 is 50.1 Å². The number of fused-ring (bicyclic) bond motifs is 1.